The number of carbonyl (C=O) groups excluding carboxylic acids is 2. The van der Waals surface area contributed by atoms with E-state index in [1.807, 2.05) is 30.3 Å². The number of pyridine rings is 1. The van der Waals surface area contributed by atoms with E-state index in [9.17, 15) is 14.0 Å². The third kappa shape index (κ3) is 5.12. The van der Waals surface area contributed by atoms with Crippen LogP contribution in [0, 0.1) is 5.82 Å². The van der Waals surface area contributed by atoms with Gasteiger partial charge in [0.15, 0.2) is 17.6 Å². The number of amides is 1. The van der Waals surface area contributed by atoms with Crippen molar-refractivity contribution in [2.45, 2.75) is 32.3 Å². The van der Waals surface area contributed by atoms with Crippen molar-refractivity contribution in [3.05, 3.63) is 94.9 Å². The van der Waals surface area contributed by atoms with Crippen molar-refractivity contribution in [2.24, 2.45) is 0 Å². The van der Waals surface area contributed by atoms with Gasteiger partial charge in [-0.25, -0.2) is 14.2 Å². The van der Waals surface area contributed by atoms with Crippen LogP contribution in [0.1, 0.15) is 46.9 Å². The molecule has 1 N–H and O–H groups in total. The van der Waals surface area contributed by atoms with Crippen LogP contribution in [-0.2, 0) is 16.0 Å². The van der Waals surface area contributed by atoms with Gasteiger partial charge in [0.2, 0.25) is 0 Å². The predicted molar refractivity (Wildman–Crippen MR) is 150 cm³/mol. The SMILES string of the molecule is CC(OC(=O)c1c2c(nc3ccccc13)/C(=C\c1ccc(F)cc1)CCC2)C(=O)Nc1ccc2c(c1)OCCO2. The van der Waals surface area contributed by atoms with Crippen LogP contribution in [0.4, 0.5) is 10.1 Å². The Kier molecular flexibility index (Phi) is 6.90. The minimum atomic E-state index is -1.05. The molecule has 1 aromatic heterocycles. The number of hydrogen-bond acceptors (Lipinski definition) is 6. The van der Waals surface area contributed by atoms with Crippen molar-refractivity contribution in [1.29, 1.82) is 0 Å². The van der Waals surface area contributed by atoms with Crippen LogP contribution < -0.4 is 14.8 Å². The average Bonchev–Trinajstić information content (AvgIpc) is 2.97. The fourth-order valence-electron chi connectivity index (χ4n) is 5.11. The van der Waals surface area contributed by atoms with Crippen LogP contribution in [0.5, 0.6) is 11.5 Å². The van der Waals surface area contributed by atoms with Gasteiger partial charge in [0.25, 0.3) is 5.91 Å². The maximum Gasteiger partial charge on any atom is 0.339 e. The molecule has 0 bridgehead atoms. The van der Waals surface area contributed by atoms with E-state index in [1.54, 1.807) is 37.3 Å². The van der Waals surface area contributed by atoms with Crippen molar-refractivity contribution < 1.29 is 28.2 Å². The number of allylic oxidation sites excluding steroid dienone is 1. The van der Waals surface area contributed by atoms with Crippen LogP contribution in [-0.4, -0.2) is 36.2 Å². The topological polar surface area (TPSA) is 86.8 Å². The fourth-order valence-corrected chi connectivity index (χ4v) is 5.11. The van der Waals surface area contributed by atoms with E-state index in [4.69, 9.17) is 19.2 Å². The van der Waals surface area contributed by atoms with E-state index < -0.39 is 18.0 Å². The molecule has 2 heterocycles. The molecule has 0 fully saturated rings. The lowest BCUT2D eigenvalue weighted by molar-refractivity contribution is -0.123. The first-order valence-corrected chi connectivity index (χ1v) is 13.3. The number of para-hydroxylation sites is 1. The van der Waals surface area contributed by atoms with Crippen LogP contribution in [0.25, 0.3) is 22.6 Å². The number of fused-ring (bicyclic) bond motifs is 3. The van der Waals surface area contributed by atoms with Crippen LogP contribution >= 0.6 is 0 Å². The number of ether oxygens (including phenoxy) is 3. The summed E-state index contributed by atoms with van der Waals surface area (Å²) < 4.78 is 30.3. The number of halogens is 1. The molecule has 6 rings (SSSR count). The second-order valence-electron chi connectivity index (χ2n) is 9.80. The Bertz CT molecular complexity index is 1650. The smallest absolute Gasteiger partial charge is 0.339 e. The predicted octanol–water partition coefficient (Wildman–Crippen LogP) is 6.21. The van der Waals surface area contributed by atoms with Gasteiger partial charge < -0.3 is 19.5 Å². The highest BCUT2D eigenvalue weighted by atomic mass is 19.1. The normalized spacial score (nSPS) is 15.8. The lowest BCUT2D eigenvalue weighted by atomic mass is 9.86. The summed E-state index contributed by atoms with van der Waals surface area (Å²) in [6, 6.07) is 18.8. The first-order chi connectivity index (χ1) is 19.5. The second kappa shape index (κ2) is 10.8. The molecule has 202 valence electrons. The Labute approximate surface area is 230 Å². The third-order valence-corrected chi connectivity index (χ3v) is 7.05. The number of esters is 1. The summed E-state index contributed by atoms with van der Waals surface area (Å²) in [5.41, 5.74) is 4.94. The Morgan fingerprint density at radius 2 is 1.77 bits per heavy atom. The van der Waals surface area contributed by atoms with Crippen LogP contribution in [0.3, 0.4) is 0 Å². The Morgan fingerprint density at radius 1 is 1.00 bits per heavy atom. The van der Waals surface area contributed by atoms with Gasteiger partial charge in [-0.1, -0.05) is 30.3 Å². The zero-order chi connectivity index (χ0) is 27.6. The molecule has 0 saturated heterocycles. The molecule has 40 heavy (non-hydrogen) atoms. The van der Waals surface area contributed by atoms with E-state index in [0.717, 1.165) is 35.2 Å². The number of nitrogens with zero attached hydrogens (tertiary/aromatic N) is 1. The van der Waals surface area contributed by atoms with Crippen molar-refractivity contribution in [2.75, 3.05) is 18.5 Å². The Morgan fingerprint density at radius 3 is 2.60 bits per heavy atom. The number of aromatic nitrogens is 1. The highest BCUT2D eigenvalue weighted by Gasteiger charge is 2.28. The van der Waals surface area contributed by atoms with E-state index in [2.05, 4.69) is 5.32 Å². The van der Waals surface area contributed by atoms with Crippen molar-refractivity contribution >= 4 is 40.1 Å². The van der Waals surface area contributed by atoms with E-state index in [-0.39, 0.29) is 5.82 Å². The lowest BCUT2D eigenvalue weighted by Gasteiger charge is -2.23. The van der Waals surface area contributed by atoms with E-state index in [0.29, 0.717) is 53.3 Å². The average molecular weight is 539 g/mol. The number of carbonyl (C=O) groups is 2. The monoisotopic (exact) mass is 538 g/mol. The van der Waals surface area contributed by atoms with Gasteiger partial charge in [0, 0.05) is 17.1 Å². The molecule has 7 nitrogen and oxygen atoms in total. The molecule has 3 aromatic carbocycles. The highest BCUT2D eigenvalue weighted by molar-refractivity contribution is 6.07. The van der Waals surface area contributed by atoms with Gasteiger partial charge in [0.1, 0.15) is 19.0 Å². The van der Waals surface area contributed by atoms with Crippen molar-refractivity contribution in [3.8, 4) is 11.5 Å². The van der Waals surface area contributed by atoms with Crippen LogP contribution in [0.2, 0.25) is 0 Å². The maximum atomic E-state index is 13.7. The standard InChI is InChI=1S/C32H27FN2O5/c1-19(31(36)34-23-13-14-27-28(18-23)39-16-15-38-27)40-32(37)29-24-6-2-3-8-26(24)35-30-21(5-4-7-25(29)30)17-20-9-11-22(33)12-10-20/h2-3,6,8-14,17-19H,4-5,7,15-16H2,1H3,(H,34,36)/b21-17-. The molecule has 1 atom stereocenters. The number of anilines is 1. The third-order valence-electron chi connectivity index (χ3n) is 7.05. The minimum Gasteiger partial charge on any atom is -0.486 e. The molecule has 1 aliphatic carbocycles. The molecule has 1 amide bonds. The number of benzene rings is 3. The Hall–Kier alpha value is -4.72. The number of hydrogen-bond donors (Lipinski definition) is 1. The minimum absolute atomic E-state index is 0.299. The summed E-state index contributed by atoms with van der Waals surface area (Å²) in [6.45, 7) is 2.45. The first kappa shape index (κ1) is 25.6. The van der Waals surface area contributed by atoms with Gasteiger partial charge in [-0.3, -0.25) is 4.79 Å². The van der Waals surface area contributed by atoms with Gasteiger partial charge in [-0.15, -0.1) is 0 Å². The molecule has 0 spiro atoms. The van der Waals surface area contributed by atoms with Gasteiger partial charge in [-0.2, -0.15) is 0 Å². The summed E-state index contributed by atoms with van der Waals surface area (Å²) in [7, 11) is 0. The molecule has 1 aliphatic heterocycles. The fraction of sp³-hybridized carbons (Fsp3) is 0.219. The molecular formula is C32H27FN2O5. The molecule has 8 heteroatoms. The van der Waals surface area contributed by atoms with Crippen molar-refractivity contribution in [3.63, 3.8) is 0 Å². The second-order valence-corrected chi connectivity index (χ2v) is 9.80. The summed E-state index contributed by atoms with van der Waals surface area (Å²) in [6.07, 6.45) is 3.17. The summed E-state index contributed by atoms with van der Waals surface area (Å²) >= 11 is 0. The van der Waals surface area contributed by atoms with Gasteiger partial charge >= 0.3 is 5.97 Å². The molecule has 2 aliphatic rings. The molecule has 1 unspecified atom stereocenters. The van der Waals surface area contributed by atoms with Crippen LogP contribution in [0.15, 0.2) is 66.7 Å². The molecule has 0 saturated carbocycles. The van der Waals surface area contributed by atoms with E-state index in [1.165, 1.54) is 12.1 Å². The molecular weight excluding hydrogens is 511 g/mol. The highest BCUT2D eigenvalue weighted by Crippen LogP contribution is 2.37. The zero-order valence-corrected chi connectivity index (χ0v) is 21.9. The van der Waals surface area contributed by atoms with Crippen molar-refractivity contribution in [1.82, 2.24) is 4.98 Å². The summed E-state index contributed by atoms with van der Waals surface area (Å²) in [5.74, 6) is -0.177. The maximum absolute atomic E-state index is 13.7. The number of nitrogens with one attached hydrogen (secondary N) is 1. The van der Waals surface area contributed by atoms with E-state index >= 15 is 0 Å². The van der Waals surface area contributed by atoms with Gasteiger partial charge in [0.05, 0.1) is 16.8 Å². The summed E-state index contributed by atoms with van der Waals surface area (Å²) in [4.78, 5) is 31.5. The number of rotatable bonds is 5. The molecule has 4 aromatic rings. The quantitative estimate of drug-likeness (QED) is 0.304. The largest absolute Gasteiger partial charge is 0.486 e. The first-order valence-electron chi connectivity index (χ1n) is 13.3. The van der Waals surface area contributed by atoms with Gasteiger partial charge in [-0.05, 0) is 79.3 Å². The summed E-state index contributed by atoms with van der Waals surface area (Å²) in [5, 5.41) is 3.46. The molecule has 0 radical (unpaired) electrons. The zero-order valence-electron chi connectivity index (χ0n) is 21.9. The Balaban J connectivity index is 1.29. The lowest BCUT2D eigenvalue weighted by Crippen LogP contribution is -2.30.